The van der Waals surface area contributed by atoms with Gasteiger partial charge in [-0.05, 0) is 18.3 Å². The van der Waals surface area contributed by atoms with Crippen LogP contribution in [0.15, 0.2) is 0 Å². The second kappa shape index (κ2) is 4.35. The van der Waals surface area contributed by atoms with Gasteiger partial charge in [0.25, 0.3) is 0 Å². The smallest absolute Gasteiger partial charge is 0.218 e. The van der Waals surface area contributed by atoms with Crippen LogP contribution in [0.25, 0.3) is 0 Å². The van der Waals surface area contributed by atoms with E-state index in [2.05, 4.69) is 4.72 Å². The fourth-order valence-electron chi connectivity index (χ4n) is 2.04. The minimum Gasteiger partial charge on any atom is -0.298 e. The third kappa shape index (κ3) is 2.71. The van der Waals surface area contributed by atoms with Crippen molar-refractivity contribution < 1.29 is 13.2 Å². The fraction of sp³-hybridized carbons (Fsp3) is 0.917. The van der Waals surface area contributed by atoms with E-state index in [1.54, 1.807) is 13.8 Å². The number of Topliss-reactive ketones (excluding diaryl/α,β-unsaturated/α-hetero) is 1. The Kier molecular flexibility index (Phi) is 3.75. The van der Waals surface area contributed by atoms with Crippen LogP contribution in [-0.4, -0.2) is 25.5 Å². The summed E-state index contributed by atoms with van der Waals surface area (Å²) in [5.41, 5.74) is -0.292. The molecule has 0 aliphatic heterocycles. The van der Waals surface area contributed by atoms with Crippen molar-refractivity contribution in [2.45, 2.75) is 52.2 Å². The zero-order chi connectivity index (χ0) is 13.5. The summed E-state index contributed by atoms with van der Waals surface area (Å²) >= 11 is 0. The maximum atomic E-state index is 12.2. The highest BCUT2D eigenvalue weighted by molar-refractivity contribution is 7.91. The summed E-state index contributed by atoms with van der Waals surface area (Å²) < 4.78 is 26.2. The Morgan fingerprint density at radius 3 is 2.06 bits per heavy atom. The molecule has 1 saturated carbocycles. The van der Waals surface area contributed by atoms with Crippen LogP contribution in [-0.2, 0) is 14.8 Å². The molecule has 1 aliphatic rings. The number of rotatable bonds is 5. The van der Waals surface area contributed by atoms with Crippen LogP contribution < -0.4 is 4.72 Å². The molecule has 0 aromatic rings. The summed E-state index contributed by atoms with van der Waals surface area (Å²) in [7, 11) is -3.41. The number of carbonyl (C=O) groups excluding carboxylic acids is 1. The normalized spacial score (nSPS) is 19.4. The number of hydrogen-bond donors (Lipinski definition) is 1. The van der Waals surface area contributed by atoms with Crippen molar-refractivity contribution in [3.8, 4) is 0 Å². The quantitative estimate of drug-likeness (QED) is 0.819. The minimum absolute atomic E-state index is 0.0710. The van der Waals surface area contributed by atoms with Crippen molar-refractivity contribution >= 4 is 15.8 Å². The number of nitrogens with one attached hydrogen (secondary N) is 1. The average Bonchev–Trinajstić information content (AvgIpc) is 2.93. The summed E-state index contributed by atoms with van der Waals surface area (Å²) in [5, 5.41) is 0. The molecule has 0 atom stereocenters. The topological polar surface area (TPSA) is 63.2 Å². The van der Waals surface area contributed by atoms with Gasteiger partial charge in [0.15, 0.2) is 0 Å². The van der Waals surface area contributed by atoms with Crippen molar-refractivity contribution in [1.82, 2.24) is 4.72 Å². The summed E-state index contributed by atoms with van der Waals surface area (Å²) in [4.78, 5) is 11.5. The fourth-order valence-corrected chi connectivity index (χ4v) is 4.10. The molecule has 0 aromatic heterocycles. The number of ketones is 1. The molecule has 0 bridgehead atoms. The van der Waals surface area contributed by atoms with Gasteiger partial charge in [-0.2, -0.15) is 0 Å². The number of carbonyl (C=O) groups is 1. The predicted octanol–water partition coefficient (Wildman–Crippen LogP) is 1.71. The van der Waals surface area contributed by atoms with Gasteiger partial charge in [0, 0.05) is 5.92 Å². The van der Waals surface area contributed by atoms with Crippen molar-refractivity contribution in [3.63, 3.8) is 0 Å². The summed E-state index contributed by atoms with van der Waals surface area (Å²) in [6, 6.07) is 0. The number of sulfonamides is 1. The van der Waals surface area contributed by atoms with Gasteiger partial charge in [-0.3, -0.25) is 4.79 Å². The second-order valence-electron chi connectivity index (χ2n) is 6.19. The van der Waals surface area contributed by atoms with Gasteiger partial charge < -0.3 is 0 Å². The Bertz CT molecular complexity index is 400. The Balaban J connectivity index is 2.75. The van der Waals surface area contributed by atoms with Crippen LogP contribution in [0.3, 0.4) is 0 Å². The molecule has 0 unspecified atom stereocenters. The SMILES string of the molecule is CC(C)C(=O)CNS(=O)(=O)C1(C(C)(C)C)CC1. The van der Waals surface area contributed by atoms with E-state index in [4.69, 9.17) is 0 Å². The van der Waals surface area contributed by atoms with Crippen molar-refractivity contribution in [2.75, 3.05) is 6.54 Å². The van der Waals surface area contributed by atoms with Crippen LogP contribution in [0.5, 0.6) is 0 Å². The van der Waals surface area contributed by atoms with Crippen LogP contribution in [0.1, 0.15) is 47.5 Å². The molecule has 1 rings (SSSR count). The molecule has 17 heavy (non-hydrogen) atoms. The molecule has 0 spiro atoms. The Hall–Kier alpha value is -0.420. The van der Waals surface area contributed by atoms with Crippen molar-refractivity contribution in [1.29, 1.82) is 0 Å². The van der Waals surface area contributed by atoms with Crippen LogP contribution in [0.2, 0.25) is 0 Å². The van der Waals surface area contributed by atoms with E-state index in [9.17, 15) is 13.2 Å². The number of hydrogen-bond acceptors (Lipinski definition) is 3. The van der Waals surface area contributed by atoms with E-state index in [0.717, 1.165) is 0 Å². The van der Waals surface area contributed by atoms with E-state index in [1.807, 2.05) is 20.8 Å². The van der Waals surface area contributed by atoms with Gasteiger partial charge in [-0.1, -0.05) is 34.6 Å². The van der Waals surface area contributed by atoms with E-state index in [-0.39, 0.29) is 23.7 Å². The molecule has 1 fully saturated rings. The molecule has 0 radical (unpaired) electrons. The summed E-state index contributed by atoms with van der Waals surface area (Å²) in [6.07, 6.45) is 1.36. The lowest BCUT2D eigenvalue weighted by atomic mass is 9.90. The molecule has 1 aliphatic carbocycles. The lowest BCUT2D eigenvalue weighted by Crippen LogP contribution is -2.46. The first-order valence-electron chi connectivity index (χ1n) is 6.05. The molecule has 100 valence electrons. The third-order valence-electron chi connectivity index (χ3n) is 3.67. The first-order valence-corrected chi connectivity index (χ1v) is 7.54. The van der Waals surface area contributed by atoms with Crippen molar-refractivity contribution in [2.24, 2.45) is 11.3 Å². The molecule has 0 aromatic carbocycles. The molecular formula is C12H23NO3S. The third-order valence-corrected chi connectivity index (χ3v) is 6.24. The van der Waals surface area contributed by atoms with Crippen LogP contribution in [0.4, 0.5) is 0 Å². The van der Waals surface area contributed by atoms with Gasteiger partial charge >= 0.3 is 0 Å². The lowest BCUT2D eigenvalue weighted by Gasteiger charge is -2.30. The molecule has 5 heteroatoms. The first-order chi connectivity index (χ1) is 7.53. The van der Waals surface area contributed by atoms with E-state index < -0.39 is 14.8 Å². The van der Waals surface area contributed by atoms with E-state index in [0.29, 0.717) is 12.8 Å². The van der Waals surface area contributed by atoms with Gasteiger partial charge in [0.05, 0.1) is 11.3 Å². The second-order valence-corrected chi connectivity index (χ2v) is 8.27. The lowest BCUT2D eigenvalue weighted by molar-refractivity contribution is -0.120. The molecule has 4 nitrogen and oxygen atoms in total. The highest BCUT2D eigenvalue weighted by Crippen LogP contribution is 2.55. The van der Waals surface area contributed by atoms with Crippen LogP contribution in [0, 0.1) is 11.3 Å². The molecule has 0 amide bonds. The molecular weight excluding hydrogens is 238 g/mol. The van der Waals surface area contributed by atoms with Gasteiger partial charge in [0.1, 0.15) is 5.78 Å². The van der Waals surface area contributed by atoms with Crippen LogP contribution >= 0.6 is 0 Å². The molecule has 0 saturated heterocycles. The average molecular weight is 261 g/mol. The predicted molar refractivity (Wildman–Crippen MR) is 68.2 cm³/mol. The highest BCUT2D eigenvalue weighted by atomic mass is 32.2. The first kappa shape index (κ1) is 14.6. The zero-order valence-corrected chi connectivity index (χ0v) is 12.1. The summed E-state index contributed by atoms with van der Waals surface area (Å²) in [6.45, 7) is 9.26. The van der Waals surface area contributed by atoms with Gasteiger partial charge in [-0.25, -0.2) is 13.1 Å². The molecule has 1 N–H and O–H groups in total. The van der Waals surface area contributed by atoms with Crippen molar-refractivity contribution in [3.05, 3.63) is 0 Å². The highest BCUT2D eigenvalue weighted by Gasteiger charge is 2.61. The minimum atomic E-state index is -3.41. The Labute approximate surface area is 104 Å². The Morgan fingerprint density at radius 1 is 1.29 bits per heavy atom. The summed E-state index contributed by atoms with van der Waals surface area (Å²) in [5.74, 6) is -0.208. The maximum Gasteiger partial charge on any atom is 0.218 e. The zero-order valence-electron chi connectivity index (χ0n) is 11.3. The van der Waals surface area contributed by atoms with E-state index >= 15 is 0 Å². The van der Waals surface area contributed by atoms with Gasteiger partial charge in [-0.15, -0.1) is 0 Å². The monoisotopic (exact) mass is 261 g/mol. The largest absolute Gasteiger partial charge is 0.298 e. The Morgan fingerprint density at radius 2 is 1.76 bits per heavy atom. The van der Waals surface area contributed by atoms with Gasteiger partial charge in [0.2, 0.25) is 10.0 Å². The maximum absolute atomic E-state index is 12.2. The molecule has 0 heterocycles. The van der Waals surface area contributed by atoms with E-state index in [1.165, 1.54) is 0 Å². The standard InChI is InChI=1S/C12H23NO3S/c1-9(2)10(14)8-13-17(15,16)12(6-7-12)11(3,4)5/h9,13H,6-8H2,1-5H3.